The number of thiol groups is 1. The first-order valence-electron chi connectivity index (χ1n) is 10.8. The average molecular weight is 608 g/mol. The fraction of sp³-hybridized carbons (Fsp3) is 0.217. The monoisotopic (exact) mass is 607 g/mol. The van der Waals surface area contributed by atoms with Crippen LogP contribution in [0.1, 0.15) is 10.0 Å². The van der Waals surface area contributed by atoms with Gasteiger partial charge in [0.25, 0.3) is 0 Å². The summed E-state index contributed by atoms with van der Waals surface area (Å²) in [4.78, 5) is 33.7. The van der Waals surface area contributed by atoms with Gasteiger partial charge >= 0.3 is 0 Å². The van der Waals surface area contributed by atoms with Gasteiger partial charge in [-0.1, -0.05) is 0 Å². The van der Waals surface area contributed by atoms with Crippen molar-refractivity contribution in [2.75, 3.05) is 18.6 Å². The van der Waals surface area contributed by atoms with Gasteiger partial charge in [-0.3, -0.25) is 14.6 Å². The van der Waals surface area contributed by atoms with E-state index in [1.807, 2.05) is 6.07 Å². The summed E-state index contributed by atoms with van der Waals surface area (Å²) in [7, 11) is 1.00. The second kappa shape index (κ2) is 15.2. The third-order valence-electron chi connectivity index (χ3n) is 4.56. The minimum absolute atomic E-state index is 0.204. The molecule has 39 heavy (non-hydrogen) atoms. The number of phenols is 2. The van der Waals surface area contributed by atoms with E-state index in [1.165, 1.54) is 34.4 Å². The third-order valence-corrected chi connectivity index (χ3v) is 8.09. The second-order valence-electron chi connectivity index (χ2n) is 7.31. The number of aromatic hydroxyl groups is 2. The number of hydrogen-bond donors (Lipinski definition) is 7. The van der Waals surface area contributed by atoms with Gasteiger partial charge in [0.2, 0.25) is 11.8 Å². The molecule has 9 N–H and O–H groups in total. The molecule has 0 spiro atoms. The van der Waals surface area contributed by atoms with E-state index < -0.39 is 23.9 Å². The molecule has 4 aromatic rings. The second-order valence-corrected chi connectivity index (χ2v) is 10.7. The summed E-state index contributed by atoms with van der Waals surface area (Å²) in [6, 6.07) is 10.8. The van der Waals surface area contributed by atoms with Gasteiger partial charge in [-0.05, 0) is 36.4 Å². The van der Waals surface area contributed by atoms with Crippen LogP contribution in [0.4, 0.5) is 0 Å². The zero-order valence-electron chi connectivity index (χ0n) is 20.4. The Balaban J connectivity index is 0.000000220. The Morgan fingerprint density at radius 1 is 1.08 bits per heavy atom. The standard InChI is InChI=1S/C11H9N3O2S2.C8H4N2OS.C3H8N2OS.CH4O/c12-9(16)7-4-17-10(14-7)11-13-6-2-1-5(15)3-8(6)18-11;9-4-8-10-6-2-1-5(11)3-7(6)12-8;4-2(1-7)3(5)6;1-2/h1-3,7,15H,4H2,(H2,12,16);1-3,11H;2,7H,1,4H2,(H2,5,6);2H,1H3/t7-;;2-;/m1.1./s1. The van der Waals surface area contributed by atoms with Crippen LogP contribution in [0.2, 0.25) is 0 Å². The Kier molecular flexibility index (Phi) is 12.4. The van der Waals surface area contributed by atoms with Crippen LogP contribution in [-0.2, 0) is 9.59 Å². The lowest BCUT2D eigenvalue weighted by atomic mass is 10.3. The Morgan fingerprint density at radius 3 is 2.10 bits per heavy atom. The molecule has 0 fully saturated rings. The molecule has 3 heterocycles. The van der Waals surface area contributed by atoms with Crippen molar-refractivity contribution < 1.29 is 24.9 Å². The van der Waals surface area contributed by atoms with Crippen LogP contribution in [0, 0.1) is 11.3 Å². The summed E-state index contributed by atoms with van der Waals surface area (Å²) in [6.07, 6.45) is 0. The number of fused-ring (bicyclic) bond motifs is 2. The number of carbonyl (C=O) groups excluding carboxylic acids is 2. The zero-order chi connectivity index (χ0) is 29.1. The van der Waals surface area contributed by atoms with Crippen molar-refractivity contribution in [1.29, 1.82) is 5.26 Å². The summed E-state index contributed by atoms with van der Waals surface area (Å²) in [5, 5.41) is 36.0. The first-order valence-corrected chi connectivity index (χ1v) is 14.1. The molecular weight excluding hydrogens is 583 g/mol. The Hall–Kier alpha value is -3.46. The summed E-state index contributed by atoms with van der Waals surface area (Å²) in [5.41, 5.74) is 16.6. The van der Waals surface area contributed by atoms with E-state index in [4.69, 9.17) is 32.7 Å². The van der Waals surface area contributed by atoms with Gasteiger partial charge in [0.1, 0.15) is 33.7 Å². The number of phenolic OH excluding ortho intramolecular Hbond substituents is 2. The van der Waals surface area contributed by atoms with E-state index in [9.17, 15) is 14.7 Å². The number of aromatic nitrogens is 2. The van der Waals surface area contributed by atoms with Crippen molar-refractivity contribution in [1.82, 2.24) is 9.97 Å². The Bertz CT molecular complexity index is 1520. The minimum Gasteiger partial charge on any atom is -0.508 e. The van der Waals surface area contributed by atoms with Crippen LogP contribution in [0.3, 0.4) is 0 Å². The Morgan fingerprint density at radius 2 is 1.64 bits per heavy atom. The highest BCUT2D eigenvalue weighted by molar-refractivity contribution is 8.15. The molecule has 0 saturated heterocycles. The molecule has 2 amide bonds. The normalized spacial score (nSPS) is 14.4. The van der Waals surface area contributed by atoms with Gasteiger partial charge < -0.3 is 32.5 Å². The van der Waals surface area contributed by atoms with Crippen LogP contribution in [0.5, 0.6) is 11.5 Å². The quantitative estimate of drug-likeness (QED) is 0.165. The highest BCUT2D eigenvalue weighted by atomic mass is 32.2. The maximum Gasteiger partial charge on any atom is 0.243 e. The van der Waals surface area contributed by atoms with Gasteiger partial charge in [-0.2, -0.15) is 17.9 Å². The van der Waals surface area contributed by atoms with Gasteiger partial charge in [0.05, 0.1) is 26.5 Å². The molecule has 0 unspecified atom stereocenters. The molecule has 12 nitrogen and oxygen atoms in total. The molecule has 2 atom stereocenters. The molecule has 1 aliphatic rings. The predicted octanol–water partition coefficient (Wildman–Crippen LogP) is 1.56. The number of carbonyl (C=O) groups is 2. The third kappa shape index (κ3) is 9.06. The predicted molar refractivity (Wildman–Crippen MR) is 158 cm³/mol. The maximum absolute atomic E-state index is 11.0. The number of hydrogen-bond acceptors (Lipinski definition) is 14. The molecule has 0 aliphatic carbocycles. The van der Waals surface area contributed by atoms with Crippen LogP contribution >= 0.6 is 47.1 Å². The van der Waals surface area contributed by atoms with Gasteiger partial charge in [-0.25, -0.2) is 9.97 Å². The number of nitrogens with two attached hydrogens (primary N) is 3. The molecule has 0 radical (unpaired) electrons. The van der Waals surface area contributed by atoms with Crippen LogP contribution in [-0.4, -0.2) is 72.8 Å². The molecule has 16 heteroatoms. The van der Waals surface area contributed by atoms with E-state index >= 15 is 0 Å². The number of primary amides is 2. The van der Waals surface area contributed by atoms with E-state index in [1.54, 1.807) is 36.4 Å². The van der Waals surface area contributed by atoms with Crippen molar-refractivity contribution >= 4 is 84.4 Å². The van der Waals surface area contributed by atoms with E-state index in [0.717, 1.165) is 37.6 Å². The lowest BCUT2D eigenvalue weighted by Crippen LogP contribution is -2.37. The van der Waals surface area contributed by atoms with E-state index in [2.05, 4.69) is 27.6 Å². The Labute approximate surface area is 240 Å². The molecule has 206 valence electrons. The largest absolute Gasteiger partial charge is 0.508 e. The number of aliphatic hydroxyl groups is 1. The van der Waals surface area contributed by atoms with Crippen molar-refractivity contribution in [3.63, 3.8) is 0 Å². The first-order chi connectivity index (χ1) is 18.6. The lowest BCUT2D eigenvalue weighted by molar-refractivity contribution is -0.119. The number of rotatable bonds is 4. The number of thiazole rings is 2. The SMILES string of the molecule is CO.N#Cc1nc2ccc(O)cc2s1.NC(=O)[C@H](N)CS.NC(=O)[C@H]1CSC(c2nc3ccc(O)cc3s2)=N1. The summed E-state index contributed by atoms with van der Waals surface area (Å²) in [5.74, 6) is 0.400. The van der Waals surface area contributed by atoms with Crippen molar-refractivity contribution in [3.05, 3.63) is 46.4 Å². The number of nitrogens with zero attached hydrogens (tertiary/aromatic N) is 4. The number of thioether (sulfide) groups is 1. The number of nitriles is 1. The van der Waals surface area contributed by atoms with Crippen molar-refractivity contribution in [2.24, 2.45) is 22.2 Å². The van der Waals surface area contributed by atoms with E-state index in [0.29, 0.717) is 16.5 Å². The minimum atomic E-state index is -0.594. The molecule has 0 bridgehead atoms. The van der Waals surface area contributed by atoms with Crippen LogP contribution < -0.4 is 17.2 Å². The molecule has 0 saturated carbocycles. The number of benzene rings is 2. The highest BCUT2D eigenvalue weighted by Gasteiger charge is 2.25. The molecule has 5 rings (SSSR count). The lowest BCUT2D eigenvalue weighted by Gasteiger charge is -1.98. The van der Waals surface area contributed by atoms with Crippen LogP contribution in [0.25, 0.3) is 20.4 Å². The number of aliphatic imine (C=N–C) groups is 1. The van der Waals surface area contributed by atoms with Gasteiger partial charge in [0, 0.05) is 18.6 Å². The molecular formula is C23H25N7O5S4. The topological polar surface area (TPSA) is 235 Å². The molecule has 1 aliphatic heterocycles. The molecule has 2 aromatic carbocycles. The summed E-state index contributed by atoms with van der Waals surface area (Å²) in [6.45, 7) is 0. The molecule has 2 aromatic heterocycles. The zero-order valence-corrected chi connectivity index (χ0v) is 23.7. The highest BCUT2D eigenvalue weighted by Crippen LogP contribution is 2.31. The van der Waals surface area contributed by atoms with Gasteiger partial charge in [-0.15, -0.1) is 34.4 Å². The van der Waals surface area contributed by atoms with Crippen molar-refractivity contribution in [2.45, 2.75) is 12.1 Å². The van der Waals surface area contributed by atoms with Crippen molar-refractivity contribution in [3.8, 4) is 17.6 Å². The smallest absolute Gasteiger partial charge is 0.243 e. The fourth-order valence-electron chi connectivity index (χ4n) is 2.69. The maximum atomic E-state index is 11.0. The van der Waals surface area contributed by atoms with Gasteiger partial charge in [0.15, 0.2) is 5.01 Å². The number of amides is 2. The number of aliphatic hydroxyl groups excluding tert-OH is 1. The summed E-state index contributed by atoms with van der Waals surface area (Å²) >= 11 is 7.94. The first kappa shape index (κ1) is 31.8. The average Bonchev–Trinajstić information content (AvgIpc) is 3.67. The van der Waals surface area contributed by atoms with E-state index in [-0.39, 0.29) is 11.5 Å². The summed E-state index contributed by atoms with van der Waals surface area (Å²) < 4.78 is 1.74. The fourth-order valence-corrected chi connectivity index (χ4v) is 5.79. The van der Waals surface area contributed by atoms with Crippen LogP contribution in [0.15, 0.2) is 41.4 Å².